The maximum absolute atomic E-state index is 12.0. The minimum atomic E-state index is -0.230. The van der Waals surface area contributed by atoms with Crippen LogP contribution in [0.25, 0.3) is 0 Å². The van der Waals surface area contributed by atoms with E-state index < -0.39 is 0 Å². The maximum atomic E-state index is 12.0. The fourth-order valence-corrected chi connectivity index (χ4v) is 3.56. The molecule has 0 spiro atoms. The van der Waals surface area contributed by atoms with Crippen molar-refractivity contribution in [3.63, 3.8) is 0 Å². The fraction of sp³-hybridized carbons (Fsp3) is 0.391. The van der Waals surface area contributed by atoms with Crippen LogP contribution in [0.15, 0.2) is 54.0 Å². The van der Waals surface area contributed by atoms with E-state index in [9.17, 15) is 9.59 Å². The molecule has 0 saturated carbocycles. The summed E-state index contributed by atoms with van der Waals surface area (Å²) in [5.41, 5.74) is 13.5. The van der Waals surface area contributed by atoms with Crippen LogP contribution in [-0.4, -0.2) is 28.8 Å². The molecule has 0 radical (unpaired) electrons. The number of nitrogens with one attached hydrogen (secondary N) is 2. The Hall–Kier alpha value is -3.40. The molecule has 9 nitrogen and oxygen atoms in total. The number of hydrogen-bond donors (Lipinski definition) is 4. The topological polar surface area (TPSA) is 145 Å². The van der Waals surface area contributed by atoms with Gasteiger partial charge in [0, 0.05) is 18.5 Å². The minimum Gasteiger partial charge on any atom is -0.444 e. The highest BCUT2D eigenvalue weighted by Crippen LogP contribution is 2.17. The smallest absolute Gasteiger partial charge is 0.307 e. The zero-order valence-corrected chi connectivity index (χ0v) is 19.7. The summed E-state index contributed by atoms with van der Waals surface area (Å²) in [6.07, 6.45) is 8.03. The molecule has 0 aliphatic rings. The van der Waals surface area contributed by atoms with E-state index in [-0.39, 0.29) is 30.8 Å². The molecule has 6 N–H and O–H groups in total. The van der Waals surface area contributed by atoms with Gasteiger partial charge >= 0.3 is 5.97 Å². The lowest BCUT2D eigenvalue weighted by Crippen LogP contribution is -2.28. The molecule has 0 fully saturated rings. The second-order valence-electron chi connectivity index (χ2n) is 7.37. The summed E-state index contributed by atoms with van der Waals surface area (Å²) in [6.45, 7) is 2.02. The molecule has 0 atom stereocenters. The number of nitrogens with two attached hydrogens (primary N) is 2. The molecule has 178 valence electrons. The summed E-state index contributed by atoms with van der Waals surface area (Å²) >= 11 is 1.44. The Bertz CT molecular complexity index is 943. The molecule has 0 saturated heterocycles. The van der Waals surface area contributed by atoms with Gasteiger partial charge in [-0.25, -0.2) is 0 Å². The van der Waals surface area contributed by atoms with E-state index >= 15 is 0 Å². The Labute approximate surface area is 198 Å². The zero-order valence-electron chi connectivity index (χ0n) is 18.9. The van der Waals surface area contributed by atoms with E-state index in [1.54, 1.807) is 12.2 Å². The molecule has 10 heteroatoms. The van der Waals surface area contributed by atoms with Gasteiger partial charge in [-0.2, -0.15) is 0 Å². The van der Waals surface area contributed by atoms with Crippen molar-refractivity contribution in [3.05, 3.63) is 64.6 Å². The Morgan fingerprint density at radius 1 is 1.09 bits per heavy atom. The number of rotatable bonds is 14. The first-order valence-electron chi connectivity index (χ1n) is 10.9. The number of aryl methyl sites for hydroxylation is 1. The SMILES string of the molecule is CCCC(=O)OCNc1nnc(CCCC/C(N)=C/C=C(\N)NC(=O)Cc2ccccc2)s1. The third kappa shape index (κ3) is 11.2. The monoisotopic (exact) mass is 472 g/mol. The number of benzene rings is 1. The standard InChI is InChI=1S/C23H32N6O3S/c1-2-8-22(31)32-16-26-23-29-28-21(33-23)12-7-6-11-18(24)13-14-19(25)27-20(30)15-17-9-4-3-5-10-17/h3-5,9-10,13-14H,2,6-8,11-12,15-16,24-25H2,1H3,(H,26,29)(H,27,30)/b18-13-,19-14+. The van der Waals surface area contributed by atoms with Crippen molar-refractivity contribution < 1.29 is 14.3 Å². The second-order valence-corrected chi connectivity index (χ2v) is 8.43. The van der Waals surface area contributed by atoms with Crippen molar-refractivity contribution in [2.45, 2.75) is 51.9 Å². The lowest BCUT2D eigenvalue weighted by molar-refractivity contribution is -0.142. The van der Waals surface area contributed by atoms with Gasteiger partial charge in [0.2, 0.25) is 11.0 Å². The predicted octanol–water partition coefficient (Wildman–Crippen LogP) is 2.97. The van der Waals surface area contributed by atoms with E-state index in [4.69, 9.17) is 16.2 Å². The summed E-state index contributed by atoms with van der Waals surface area (Å²) < 4.78 is 5.04. The van der Waals surface area contributed by atoms with E-state index in [0.29, 0.717) is 23.7 Å². The number of anilines is 1. The zero-order chi connectivity index (χ0) is 23.9. The highest BCUT2D eigenvalue weighted by molar-refractivity contribution is 7.15. The van der Waals surface area contributed by atoms with E-state index in [1.807, 2.05) is 37.3 Å². The lowest BCUT2D eigenvalue weighted by atomic mass is 10.1. The number of hydrogen-bond acceptors (Lipinski definition) is 9. The summed E-state index contributed by atoms with van der Waals surface area (Å²) in [7, 11) is 0. The Balaban J connectivity index is 1.63. The van der Waals surface area contributed by atoms with Crippen molar-refractivity contribution in [2.24, 2.45) is 11.5 Å². The maximum Gasteiger partial charge on any atom is 0.307 e. The molecule has 2 rings (SSSR count). The third-order valence-electron chi connectivity index (χ3n) is 4.45. The molecule has 1 heterocycles. The number of amides is 1. The van der Waals surface area contributed by atoms with Crippen molar-refractivity contribution in [2.75, 3.05) is 12.0 Å². The molecule has 1 aromatic heterocycles. The quantitative estimate of drug-likeness (QED) is 0.142. The molecule has 0 aliphatic heterocycles. The number of carbonyl (C=O) groups excluding carboxylic acids is 2. The van der Waals surface area contributed by atoms with Gasteiger partial charge in [-0.05, 0) is 43.4 Å². The van der Waals surface area contributed by atoms with Crippen LogP contribution in [0.4, 0.5) is 5.13 Å². The largest absolute Gasteiger partial charge is 0.444 e. The molecule has 1 amide bonds. The van der Waals surface area contributed by atoms with Gasteiger partial charge in [-0.3, -0.25) is 9.59 Å². The molecule has 0 unspecified atom stereocenters. The minimum absolute atomic E-state index is 0.0954. The van der Waals surface area contributed by atoms with E-state index in [0.717, 1.165) is 36.3 Å². The number of ether oxygens (including phenoxy) is 1. The van der Waals surface area contributed by atoms with Crippen LogP contribution in [0.3, 0.4) is 0 Å². The van der Waals surface area contributed by atoms with E-state index in [1.165, 1.54) is 11.3 Å². The highest BCUT2D eigenvalue weighted by Gasteiger charge is 2.06. The van der Waals surface area contributed by atoms with Crippen LogP contribution in [0.5, 0.6) is 0 Å². The van der Waals surface area contributed by atoms with Crippen molar-refractivity contribution in [1.29, 1.82) is 0 Å². The van der Waals surface area contributed by atoms with Crippen molar-refractivity contribution >= 4 is 28.3 Å². The molecule has 0 bridgehead atoms. The van der Waals surface area contributed by atoms with Crippen LogP contribution in [0.2, 0.25) is 0 Å². The molecule has 0 aliphatic carbocycles. The number of aromatic nitrogens is 2. The first-order chi connectivity index (χ1) is 16.0. The summed E-state index contributed by atoms with van der Waals surface area (Å²) in [5, 5.41) is 15.3. The lowest BCUT2D eigenvalue weighted by Gasteiger charge is -2.05. The molecular formula is C23H32N6O3S. The number of nitrogens with zero attached hydrogens (tertiary/aromatic N) is 2. The normalized spacial score (nSPS) is 11.8. The van der Waals surface area contributed by atoms with Crippen molar-refractivity contribution in [1.82, 2.24) is 15.5 Å². The summed E-state index contributed by atoms with van der Waals surface area (Å²) in [6, 6.07) is 9.46. The molecule has 1 aromatic carbocycles. The highest BCUT2D eigenvalue weighted by atomic mass is 32.1. The molecule has 33 heavy (non-hydrogen) atoms. The Morgan fingerprint density at radius 2 is 1.88 bits per heavy atom. The molecular weight excluding hydrogens is 440 g/mol. The average molecular weight is 473 g/mol. The first-order valence-corrected chi connectivity index (χ1v) is 11.8. The van der Waals surface area contributed by atoms with Crippen LogP contribution in [0, 0.1) is 0 Å². The van der Waals surface area contributed by atoms with Crippen molar-refractivity contribution in [3.8, 4) is 0 Å². The van der Waals surface area contributed by atoms with Gasteiger partial charge in [0.1, 0.15) is 10.8 Å². The molecule has 2 aromatic rings. The van der Waals surface area contributed by atoms with Gasteiger partial charge in [-0.1, -0.05) is 48.6 Å². The Morgan fingerprint density at radius 3 is 2.64 bits per heavy atom. The second kappa shape index (κ2) is 14.6. The Kier molecular flexibility index (Phi) is 11.5. The van der Waals surface area contributed by atoms with Gasteiger partial charge in [0.25, 0.3) is 0 Å². The fourth-order valence-electron chi connectivity index (χ4n) is 2.79. The van der Waals surface area contributed by atoms with Crippen LogP contribution >= 0.6 is 11.3 Å². The average Bonchev–Trinajstić information content (AvgIpc) is 3.23. The van der Waals surface area contributed by atoms with E-state index in [2.05, 4.69) is 20.8 Å². The predicted molar refractivity (Wildman–Crippen MR) is 130 cm³/mol. The van der Waals surface area contributed by atoms with Gasteiger partial charge in [0.05, 0.1) is 6.42 Å². The number of carbonyl (C=O) groups is 2. The summed E-state index contributed by atoms with van der Waals surface area (Å²) in [5.74, 6) is -0.147. The van der Waals surface area contributed by atoms with Gasteiger partial charge in [-0.15, -0.1) is 10.2 Å². The van der Waals surface area contributed by atoms with Crippen LogP contribution in [-0.2, 0) is 27.2 Å². The number of esters is 1. The van der Waals surface area contributed by atoms with Crippen LogP contribution < -0.4 is 22.1 Å². The van der Waals surface area contributed by atoms with Gasteiger partial charge < -0.3 is 26.8 Å². The van der Waals surface area contributed by atoms with Gasteiger partial charge in [0.15, 0.2) is 6.73 Å². The number of allylic oxidation sites excluding steroid dienone is 3. The summed E-state index contributed by atoms with van der Waals surface area (Å²) in [4.78, 5) is 23.3. The third-order valence-corrected chi connectivity index (χ3v) is 5.39. The number of unbranched alkanes of at least 4 members (excludes halogenated alkanes) is 1. The first kappa shape index (κ1) is 25.9. The van der Waals surface area contributed by atoms with Crippen LogP contribution in [0.1, 0.15) is 49.6 Å².